The number of nitriles is 2. The van der Waals surface area contributed by atoms with Crippen LogP contribution in [0, 0.1) is 22.7 Å². The van der Waals surface area contributed by atoms with Gasteiger partial charge in [0.25, 0.3) is 0 Å². The molecule has 1 aliphatic heterocycles. The molecular weight excluding hydrogens is 368 g/mol. The third-order valence-electron chi connectivity index (χ3n) is 3.68. The molecule has 0 saturated carbocycles. The van der Waals surface area contributed by atoms with Crippen LogP contribution in [0.1, 0.15) is 54.4 Å². The fraction of sp³-hybridized carbons (Fsp3) is 0.824. The maximum absolute atomic E-state index is 12.8. The number of hydrogen-bond acceptors (Lipinski definition) is 7. The molecule has 1 saturated heterocycles. The van der Waals surface area contributed by atoms with Gasteiger partial charge in [0, 0.05) is 61.3 Å². The van der Waals surface area contributed by atoms with Crippen molar-refractivity contribution in [2.75, 3.05) is 26.2 Å². The normalized spacial score (nSPS) is 15.7. The van der Waals surface area contributed by atoms with Crippen molar-refractivity contribution in [2.45, 2.75) is 65.5 Å². The van der Waals surface area contributed by atoms with Crippen molar-refractivity contribution in [3.63, 3.8) is 0 Å². The molecule has 0 N–H and O–H groups in total. The Hall–Kier alpha value is -1.13. The van der Waals surface area contributed by atoms with Crippen molar-refractivity contribution in [3.05, 3.63) is 0 Å². The van der Waals surface area contributed by atoms with E-state index < -0.39 is 0 Å². The van der Waals surface area contributed by atoms with Gasteiger partial charge >= 0.3 is 6.03 Å². The first kappa shape index (κ1) is 22.9. The van der Waals surface area contributed by atoms with E-state index in [1.165, 1.54) is 24.3 Å². The number of carbonyl (C=O) groups excluding carboxylic acids is 1. The SMILES string of the molecule is CC(C)(C)N(CCC#N)SN1CCN(SN(CCC#N)C(C)(C)C)C1=O. The Morgan fingerprint density at radius 1 is 0.885 bits per heavy atom. The van der Waals surface area contributed by atoms with Crippen LogP contribution in [0.5, 0.6) is 0 Å². The fourth-order valence-corrected chi connectivity index (χ4v) is 4.21. The highest BCUT2D eigenvalue weighted by molar-refractivity contribution is 7.96. The number of urea groups is 1. The van der Waals surface area contributed by atoms with Crippen molar-refractivity contribution in [1.29, 1.82) is 10.5 Å². The van der Waals surface area contributed by atoms with Crippen molar-refractivity contribution in [1.82, 2.24) is 17.2 Å². The molecule has 0 atom stereocenters. The molecule has 7 nitrogen and oxygen atoms in total. The summed E-state index contributed by atoms with van der Waals surface area (Å²) in [7, 11) is 0. The van der Waals surface area contributed by atoms with Crippen LogP contribution in [-0.2, 0) is 0 Å². The van der Waals surface area contributed by atoms with Crippen LogP contribution in [0.3, 0.4) is 0 Å². The molecular formula is C17H30N6OS2. The van der Waals surface area contributed by atoms with Crippen molar-refractivity contribution in [2.24, 2.45) is 0 Å². The van der Waals surface area contributed by atoms with E-state index in [0.29, 0.717) is 39.0 Å². The minimum Gasteiger partial charge on any atom is -0.252 e. The highest BCUT2D eigenvalue weighted by atomic mass is 32.2. The number of rotatable bonds is 8. The molecule has 1 rings (SSSR count). The van der Waals surface area contributed by atoms with Gasteiger partial charge < -0.3 is 0 Å². The molecule has 0 spiro atoms. The van der Waals surface area contributed by atoms with Gasteiger partial charge in [-0.2, -0.15) is 10.5 Å². The molecule has 1 fully saturated rings. The number of carbonyl (C=O) groups is 1. The summed E-state index contributed by atoms with van der Waals surface area (Å²) in [4.78, 5) is 12.8. The van der Waals surface area contributed by atoms with E-state index in [0.717, 1.165) is 0 Å². The van der Waals surface area contributed by atoms with E-state index in [1.54, 1.807) is 8.61 Å². The monoisotopic (exact) mass is 398 g/mol. The zero-order valence-electron chi connectivity index (χ0n) is 16.7. The standard InChI is InChI=1S/C17H30N6OS2/c1-16(2,3)22(11-7-9-18)25-20-13-14-21(15(20)24)26-23(12-8-10-19)17(4,5)6/h7-8,11-14H2,1-6H3. The van der Waals surface area contributed by atoms with Gasteiger partial charge in [0.05, 0.1) is 25.2 Å². The van der Waals surface area contributed by atoms with E-state index in [2.05, 4.69) is 62.3 Å². The Bertz CT molecular complexity index is 510. The van der Waals surface area contributed by atoms with Gasteiger partial charge in [-0.05, 0) is 41.5 Å². The average Bonchev–Trinajstić information content (AvgIpc) is 2.86. The van der Waals surface area contributed by atoms with Crippen LogP contribution in [-0.4, -0.2) is 60.5 Å². The highest BCUT2D eigenvalue weighted by Gasteiger charge is 2.36. The van der Waals surface area contributed by atoms with Crippen molar-refractivity contribution >= 4 is 30.3 Å². The lowest BCUT2D eigenvalue weighted by atomic mass is 10.1. The molecule has 1 heterocycles. The Labute approximate surface area is 166 Å². The molecule has 0 radical (unpaired) electrons. The second kappa shape index (κ2) is 9.70. The molecule has 1 aliphatic rings. The van der Waals surface area contributed by atoms with Crippen LogP contribution >= 0.6 is 24.3 Å². The van der Waals surface area contributed by atoms with Gasteiger partial charge in [-0.15, -0.1) is 0 Å². The third kappa shape index (κ3) is 6.88. The molecule has 0 aromatic rings. The quantitative estimate of drug-likeness (QED) is 0.574. The maximum Gasteiger partial charge on any atom is 0.342 e. The predicted molar refractivity (Wildman–Crippen MR) is 107 cm³/mol. The molecule has 0 aliphatic carbocycles. The molecule has 0 unspecified atom stereocenters. The summed E-state index contributed by atoms with van der Waals surface area (Å²) in [6, 6.07) is 4.30. The molecule has 9 heteroatoms. The van der Waals surface area contributed by atoms with E-state index in [-0.39, 0.29) is 17.1 Å². The second-order valence-electron chi connectivity index (χ2n) is 8.01. The highest BCUT2D eigenvalue weighted by Crippen LogP contribution is 2.34. The lowest BCUT2D eigenvalue weighted by Gasteiger charge is -2.37. The van der Waals surface area contributed by atoms with E-state index in [1.807, 2.05) is 0 Å². The summed E-state index contributed by atoms with van der Waals surface area (Å²) >= 11 is 2.81. The van der Waals surface area contributed by atoms with Crippen molar-refractivity contribution < 1.29 is 4.79 Å². The predicted octanol–water partition coefficient (Wildman–Crippen LogP) is 3.88. The summed E-state index contributed by atoms with van der Waals surface area (Å²) in [6.07, 6.45) is 0.855. The fourth-order valence-electron chi connectivity index (χ4n) is 2.19. The first-order valence-electron chi connectivity index (χ1n) is 8.75. The number of amides is 2. The summed E-state index contributed by atoms with van der Waals surface area (Å²) < 4.78 is 7.67. The zero-order valence-corrected chi connectivity index (χ0v) is 18.3. The number of hydrogen-bond donors (Lipinski definition) is 0. The van der Waals surface area contributed by atoms with Crippen LogP contribution in [0.15, 0.2) is 0 Å². The van der Waals surface area contributed by atoms with Crippen LogP contribution in [0.2, 0.25) is 0 Å². The Kier molecular flexibility index (Phi) is 8.55. The number of nitrogens with zero attached hydrogens (tertiary/aromatic N) is 6. The van der Waals surface area contributed by atoms with E-state index >= 15 is 0 Å². The van der Waals surface area contributed by atoms with Gasteiger partial charge in [-0.25, -0.2) is 13.4 Å². The van der Waals surface area contributed by atoms with Gasteiger partial charge in [0.1, 0.15) is 0 Å². The lowest BCUT2D eigenvalue weighted by molar-refractivity contribution is 0.220. The largest absolute Gasteiger partial charge is 0.342 e. The maximum atomic E-state index is 12.8. The van der Waals surface area contributed by atoms with Gasteiger partial charge in [-0.1, -0.05) is 0 Å². The summed E-state index contributed by atoms with van der Waals surface area (Å²) in [5, 5.41) is 17.8. The summed E-state index contributed by atoms with van der Waals surface area (Å²) in [5.74, 6) is 0. The van der Waals surface area contributed by atoms with Gasteiger partial charge in [0.15, 0.2) is 0 Å². The minimum atomic E-state index is -0.146. The Morgan fingerprint density at radius 2 is 1.23 bits per heavy atom. The lowest BCUT2D eigenvalue weighted by Crippen LogP contribution is -2.42. The molecule has 0 bridgehead atoms. The van der Waals surface area contributed by atoms with E-state index in [9.17, 15) is 4.79 Å². The zero-order chi connectivity index (χ0) is 20.0. The Morgan fingerprint density at radius 3 is 1.50 bits per heavy atom. The summed E-state index contributed by atoms with van der Waals surface area (Å²) in [6.45, 7) is 14.9. The Balaban J connectivity index is 2.74. The molecule has 0 aromatic carbocycles. The molecule has 0 aromatic heterocycles. The average molecular weight is 399 g/mol. The molecule has 26 heavy (non-hydrogen) atoms. The van der Waals surface area contributed by atoms with E-state index in [4.69, 9.17) is 10.5 Å². The minimum absolute atomic E-state index is 0.0441. The van der Waals surface area contributed by atoms with Gasteiger partial charge in [0.2, 0.25) is 0 Å². The summed E-state index contributed by atoms with van der Waals surface area (Å²) in [5.41, 5.74) is -0.292. The first-order valence-corrected chi connectivity index (χ1v) is 10.2. The third-order valence-corrected chi connectivity index (χ3v) is 6.60. The van der Waals surface area contributed by atoms with Crippen LogP contribution in [0.4, 0.5) is 4.79 Å². The van der Waals surface area contributed by atoms with Gasteiger partial charge in [-0.3, -0.25) is 8.61 Å². The smallest absolute Gasteiger partial charge is 0.252 e. The topological polar surface area (TPSA) is 77.6 Å². The van der Waals surface area contributed by atoms with Crippen LogP contribution < -0.4 is 0 Å². The first-order chi connectivity index (χ1) is 12.0. The van der Waals surface area contributed by atoms with Crippen molar-refractivity contribution in [3.8, 4) is 12.1 Å². The second-order valence-corrected chi connectivity index (χ2v) is 10.1. The molecule has 146 valence electrons. The molecule has 2 amide bonds. The van der Waals surface area contributed by atoms with Crippen LogP contribution in [0.25, 0.3) is 0 Å².